The Hall–Kier alpha value is -3.65. The number of imide groups is 1. The molecule has 0 aliphatic carbocycles. The monoisotopic (exact) mass is 408 g/mol. The van der Waals surface area contributed by atoms with Crippen LogP contribution in [0.5, 0.6) is 5.75 Å². The van der Waals surface area contributed by atoms with Crippen molar-refractivity contribution >= 4 is 29.2 Å². The fraction of sp³-hybridized carbons (Fsp3) is 0.0952. The first-order valence-corrected chi connectivity index (χ1v) is 9.55. The molecule has 0 unspecified atom stereocenters. The summed E-state index contributed by atoms with van der Waals surface area (Å²) in [5.74, 6) is -0.729. The highest BCUT2D eigenvalue weighted by Gasteiger charge is 2.29. The summed E-state index contributed by atoms with van der Waals surface area (Å²) in [6.45, 7) is 0.348. The Morgan fingerprint density at radius 1 is 1.07 bits per heavy atom. The molecular formula is C21H16N2O5S. The van der Waals surface area contributed by atoms with Gasteiger partial charge in [-0.25, -0.2) is 9.59 Å². The summed E-state index contributed by atoms with van der Waals surface area (Å²) in [4.78, 5) is 37.5. The summed E-state index contributed by atoms with van der Waals surface area (Å²) in [6.07, 6.45) is -1.31. The van der Waals surface area contributed by atoms with Gasteiger partial charge in [-0.3, -0.25) is 10.1 Å². The molecule has 3 amide bonds. The summed E-state index contributed by atoms with van der Waals surface area (Å²) in [5.41, 5.74) is 7.24. The number of hydrogen-bond donors (Lipinski definition) is 2. The van der Waals surface area contributed by atoms with Crippen molar-refractivity contribution in [1.82, 2.24) is 5.32 Å². The van der Waals surface area contributed by atoms with E-state index < -0.39 is 24.0 Å². The molecule has 0 fully saturated rings. The molecule has 1 aliphatic heterocycles. The maximum Gasteiger partial charge on any atom is 0.349 e. The van der Waals surface area contributed by atoms with Gasteiger partial charge in [-0.1, -0.05) is 42.5 Å². The van der Waals surface area contributed by atoms with Gasteiger partial charge in [-0.15, -0.1) is 11.3 Å². The lowest BCUT2D eigenvalue weighted by Crippen LogP contribution is -2.39. The van der Waals surface area contributed by atoms with Crippen molar-refractivity contribution in [2.75, 3.05) is 0 Å². The summed E-state index contributed by atoms with van der Waals surface area (Å²) in [5, 5.41) is 1.97. The number of nitrogens with one attached hydrogen (secondary N) is 1. The second-order valence-electron chi connectivity index (χ2n) is 6.30. The molecule has 1 aromatic heterocycles. The number of esters is 1. The average Bonchev–Trinajstić information content (AvgIpc) is 3.17. The van der Waals surface area contributed by atoms with Crippen LogP contribution in [0.4, 0.5) is 4.79 Å². The Morgan fingerprint density at radius 3 is 2.55 bits per heavy atom. The fourth-order valence-corrected chi connectivity index (χ4v) is 4.13. The Kier molecular flexibility index (Phi) is 5.01. The molecule has 2 aromatic carbocycles. The van der Waals surface area contributed by atoms with Crippen molar-refractivity contribution in [1.29, 1.82) is 0 Å². The van der Waals surface area contributed by atoms with E-state index in [1.807, 2.05) is 29.6 Å². The molecule has 0 saturated heterocycles. The average molecular weight is 408 g/mol. The number of para-hydroxylation sites is 1. The third kappa shape index (κ3) is 3.83. The molecule has 29 heavy (non-hydrogen) atoms. The lowest BCUT2D eigenvalue weighted by Gasteiger charge is -2.16. The highest BCUT2D eigenvalue weighted by Crippen LogP contribution is 2.42. The zero-order valence-corrected chi connectivity index (χ0v) is 15.9. The molecule has 7 nitrogen and oxygen atoms in total. The lowest BCUT2D eigenvalue weighted by atomic mass is 10.1. The minimum absolute atomic E-state index is 0.336. The van der Waals surface area contributed by atoms with Crippen molar-refractivity contribution in [3.8, 4) is 16.2 Å². The standard InChI is InChI=1S/C21H16N2O5S/c22-21(26)23-19(24)17(12-6-2-1-3-7-12)28-20(25)16-10-13-11-27-15-9-5-4-8-14(15)18(13)29-16/h1-10,17H,11H2,(H3,22,23,24,26)/t17-/m0/s1. The van der Waals surface area contributed by atoms with E-state index in [0.717, 1.165) is 21.8 Å². The van der Waals surface area contributed by atoms with Gasteiger partial charge in [-0.2, -0.15) is 0 Å². The van der Waals surface area contributed by atoms with Crippen LogP contribution in [0.15, 0.2) is 60.7 Å². The summed E-state index contributed by atoms with van der Waals surface area (Å²) in [6, 6.07) is 16.7. The second kappa shape index (κ2) is 7.76. The molecule has 2 heterocycles. The summed E-state index contributed by atoms with van der Waals surface area (Å²) < 4.78 is 11.2. The molecule has 0 bridgehead atoms. The van der Waals surface area contributed by atoms with Crippen LogP contribution >= 0.6 is 11.3 Å². The van der Waals surface area contributed by atoms with Crippen molar-refractivity contribution in [2.45, 2.75) is 12.7 Å². The van der Waals surface area contributed by atoms with E-state index in [1.165, 1.54) is 11.3 Å². The number of carbonyl (C=O) groups is 3. The predicted molar refractivity (Wildman–Crippen MR) is 106 cm³/mol. The van der Waals surface area contributed by atoms with Gasteiger partial charge in [0.25, 0.3) is 5.91 Å². The third-order valence-electron chi connectivity index (χ3n) is 4.34. The van der Waals surface area contributed by atoms with E-state index in [1.54, 1.807) is 36.4 Å². The van der Waals surface area contributed by atoms with Gasteiger partial charge in [0, 0.05) is 21.6 Å². The number of amides is 3. The van der Waals surface area contributed by atoms with Crippen LogP contribution < -0.4 is 15.8 Å². The van der Waals surface area contributed by atoms with Crippen molar-refractivity contribution < 1.29 is 23.9 Å². The number of nitrogens with two attached hydrogens (primary N) is 1. The van der Waals surface area contributed by atoms with Crippen molar-refractivity contribution in [3.63, 3.8) is 0 Å². The summed E-state index contributed by atoms with van der Waals surface area (Å²) >= 11 is 1.27. The van der Waals surface area contributed by atoms with E-state index >= 15 is 0 Å². The zero-order chi connectivity index (χ0) is 20.4. The largest absolute Gasteiger partial charge is 0.488 e. The third-order valence-corrected chi connectivity index (χ3v) is 5.53. The molecule has 3 N–H and O–H groups in total. The number of thiophene rings is 1. The molecule has 146 valence electrons. The highest BCUT2D eigenvalue weighted by molar-refractivity contribution is 7.17. The number of rotatable bonds is 4. The van der Waals surface area contributed by atoms with E-state index in [-0.39, 0.29) is 0 Å². The van der Waals surface area contributed by atoms with Gasteiger partial charge in [0.05, 0.1) is 0 Å². The van der Waals surface area contributed by atoms with E-state index in [0.29, 0.717) is 17.0 Å². The predicted octanol–water partition coefficient (Wildman–Crippen LogP) is 3.40. The fourth-order valence-electron chi connectivity index (χ4n) is 3.05. The Labute approximate surface area is 170 Å². The minimum atomic E-state index is -1.31. The minimum Gasteiger partial charge on any atom is -0.488 e. The Bertz CT molecular complexity index is 1090. The number of fused-ring (bicyclic) bond motifs is 3. The molecule has 4 rings (SSSR count). The second-order valence-corrected chi connectivity index (χ2v) is 7.35. The number of primary amides is 1. The Morgan fingerprint density at radius 2 is 1.79 bits per heavy atom. The smallest absolute Gasteiger partial charge is 0.349 e. The summed E-state index contributed by atoms with van der Waals surface area (Å²) in [7, 11) is 0. The lowest BCUT2D eigenvalue weighted by molar-refractivity contribution is -0.129. The van der Waals surface area contributed by atoms with Crippen LogP contribution in [0, 0.1) is 0 Å². The van der Waals surface area contributed by atoms with Crippen molar-refractivity contribution in [3.05, 3.63) is 76.7 Å². The first-order chi connectivity index (χ1) is 14.0. The van der Waals surface area contributed by atoms with Gasteiger partial charge >= 0.3 is 12.0 Å². The first-order valence-electron chi connectivity index (χ1n) is 8.74. The number of carbonyl (C=O) groups excluding carboxylic acids is 3. The Balaban J connectivity index is 1.61. The van der Waals surface area contributed by atoms with Crippen molar-refractivity contribution in [2.24, 2.45) is 5.73 Å². The van der Waals surface area contributed by atoms with Gasteiger partial charge in [0.2, 0.25) is 6.10 Å². The molecule has 0 spiro atoms. The molecule has 1 atom stereocenters. The van der Waals surface area contributed by atoms with Crippen LogP contribution in [0.3, 0.4) is 0 Å². The normalized spacial score (nSPS) is 12.7. The highest BCUT2D eigenvalue weighted by atomic mass is 32.1. The van der Waals surface area contributed by atoms with Crippen LogP contribution in [0.2, 0.25) is 0 Å². The number of ether oxygens (including phenoxy) is 2. The quantitative estimate of drug-likeness (QED) is 0.644. The first kappa shape index (κ1) is 18.7. The van der Waals surface area contributed by atoms with Crippen LogP contribution in [0.1, 0.15) is 26.9 Å². The van der Waals surface area contributed by atoms with Gasteiger partial charge in [0.15, 0.2) is 0 Å². The van der Waals surface area contributed by atoms with E-state index in [9.17, 15) is 14.4 Å². The van der Waals surface area contributed by atoms with Crippen LogP contribution in [-0.2, 0) is 16.1 Å². The van der Waals surface area contributed by atoms with Gasteiger partial charge < -0.3 is 15.2 Å². The SMILES string of the molecule is NC(=O)NC(=O)[C@@H](OC(=O)c1cc2c(s1)-c1ccccc1OC2)c1ccccc1. The number of hydrogen-bond acceptors (Lipinski definition) is 6. The molecular weight excluding hydrogens is 392 g/mol. The maximum absolute atomic E-state index is 12.8. The van der Waals surface area contributed by atoms with Crippen LogP contribution in [-0.4, -0.2) is 17.9 Å². The van der Waals surface area contributed by atoms with Crippen LogP contribution in [0.25, 0.3) is 10.4 Å². The van der Waals surface area contributed by atoms with Gasteiger partial charge in [0.1, 0.15) is 17.2 Å². The molecule has 8 heteroatoms. The molecule has 0 radical (unpaired) electrons. The van der Waals surface area contributed by atoms with E-state index in [2.05, 4.69) is 0 Å². The topological polar surface area (TPSA) is 108 Å². The zero-order valence-electron chi connectivity index (χ0n) is 15.1. The molecule has 0 saturated carbocycles. The van der Waals surface area contributed by atoms with E-state index in [4.69, 9.17) is 15.2 Å². The number of urea groups is 1. The molecule has 3 aromatic rings. The van der Waals surface area contributed by atoms with Gasteiger partial charge in [-0.05, 0) is 18.2 Å². The molecule has 1 aliphatic rings. The maximum atomic E-state index is 12.8. The number of benzene rings is 2.